The average molecular weight is 337 g/mol. The zero-order valence-corrected chi connectivity index (χ0v) is 13.6. The van der Waals surface area contributed by atoms with Gasteiger partial charge >= 0.3 is 0 Å². The van der Waals surface area contributed by atoms with E-state index in [4.69, 9.17) is 23.2 Å². The van der Waals surface area contributed by atoms with E-state index in [1.165, 1.54) is 24.1 Å². The molecular weight excluding hydrogens is 323 g/mol. The fourth-order valence-electron chi connectivity index (χ4n) is 1.77. The van der Waals surface area contributed by atoms with Crippen LogP contribution in [0.5, 0.6) is 5.75 Å². The molecule has 6 heteroatoms. The molecule has 0 bridgehead atoms. The zero-order chi connectivity index (χ0) is 16.3. The maximum absolute atomic E-state index is 11.3. The van der Waals surface area contributed by atoms with Crippen LogP contribution in [0.2, 0.25) is 10.0 Å². The first-order chi connectivity index (χ1) is 10.4. The summed E-state index contributed by atoms with van der Waals surface area (Å²) >= 11 is 11.7. The third-order valence-corrected chi connectivity index (χ3v) is 3.63. The van der Waals surface area contributed by atoms with Crippen LogP contribution in [-0.2, 0) is 4.79 Å². The lowest BCUT2D eigenvalue weighted by Crippen LogP contribution is -2.22. The topological polar surface area (TPSA) is 52.9 Å². The molecule has 2 aromatic rings. The maximum atomic E-state index is 11.3. The highest BCUT2D eigenvalue weighted by molar-refractivity contribution is 6.36. The van der Waals surface area contributed by atoms with Gasteiger partial charge in [-0.3, -0.25) is 9.79 Å². The van der Waals surface area contributed by atoms with Crippen LogP contribution in [0.15, 0.2) is 41.4 Å². The molecule has 1 N–H and O–H groups in total. The fourth-order valence-corrected chi connectivity index (χ4v) is 2.28. The van der Waals surface area contributed by atoms with Crippen molar-refractivity contribution in [2.75, 3.05) is 11.9 Å². The molecule has 114 valence electrons. The standard InChI is InChI=1S/C16H14Cl2N2O2/c1-10(21)20(2)14-5-3-13(4-6-14)19-9-11-7-12(17)8-15(18)16(11)22/h3-9,22H,1-2H3. The Labute approximate surface area is 138 Å². The predicted molar refractivity (Wildman–Crippen MR) is 90.9 cm³/mol. The van der Waals surface area contributed by atoms with Crippen molar-refractivity contribution in [3.05, 3.63) is 52.0 Å². The third-order valence-electron chi connectivity index (χ3n) is 3.12. The van der Waals surface area contributed by atoms with E-state index in [1.54, 1.807) is 37.4 Å². The number of anilines is 1. The van der Waals surface area contributed by atoms with E-state index < -0.39 is 0 Å². The van der Waals surface area contributed by atoms with Crippen molar-refractivity contribution in [2.45, 2.75) is 6.92 Å². The van der Waals surface area contributed by atoms with Gasteiger partial charge in [0.2, 0.25) is 5.91 Å². The Balaban J connectivity index is 2.23. The van der Waals surface area contributed by atoms with E-state index in [0.29, 0.717) is 16.3 Å². The zero-order valence-electron chi connectivity index (χ0n) is 12.0. The summed E-state index contributed by atoms with van der Waals surface area (Å²) in [5.74, 6) is -0.113. The van der Waals surface area contributed by atoms with Crippen LogP contribution >= 0.6 is 23.2 Å². The Bertz CT molecular complexity index is 728. The molecule has 2 rings (SSSR count). The first kappa shape index (κ1) is 16.3. The summed E-state index contributed by atoms with van der Waals surface area (Å²) in [5.41, 5.74) is 1.89. The van der Waals surface area contributed by atoms with Gasteiger partial charge in [0.05, 0.1) is 10.7 Å². The lowest BCUT2D eigenvalue weighted by molar-refractivity contribution is -0.116. The number of carbonyl (C=O) groups excluding carboxylic acids is 1. The highest BCUT2D eigenvalue weighted by Crippen LogP contribution is 2.30. The molecule has 0 spiro atoms. The van der Waals surface area contributed by atoms with Crippen LogP contribution in [0.3, 0.4) is 0 Å². The van der Waals surface area contributed by atoms with Gasteiger partial charge in [0, 0.05) is 36.5 Å². The summed E-state index contributed by atoms with van der Waals surface area (Å²) < 4.78 is 0. The molecule has 0 aliphatic heterocycles. The Morgan fingerprint density at radius 3 is 2.45 bits per heavy atom. The minimum atomic E-state index is -0.0669. The van der Waals surface area contributed by atoms with Crippen LogP contribution in [0, 0.1) is 0 Å². The SMILES string of the molecule is CC(=O)N(C)c1ccc(N=Cc2cc(Cl)cc(Cl)c2O)cc1. The second-order valence-electron chi connectivity index (χ2n) is 4.68. The van der Waals surface area contributed by atoms with Crippen molar-refractivity contribution in [2.24, 2.45) is 4.99 Å². The summed E-state index contributed by atoms with van der Waals surface area (Å²) in [4.78, 5) is 17.1. The van der Waals surface area contributed by atoms with Crippen LogP contribution < -0.4 is 4.90 Å². The summed E-state index contributed by atoms with van der Waals surface area (Å²) in [5, 5.41) is 10.4. The smallest absolute Gasteiger partial charge is 0.223 e. The number of nitrogens with zero attached hydrogens (tertiary/aromatic N) is 2. The molecule has 0 aliphatic carbocycles. The number of benzene rings is 2. The normalized spacial score (nSPS) is 10.9. The largest absolute Gasteiger partial charge is 0.506 e. The first-order valence-electron chi connectivity index (χ1n) is 6.45. The predicted octanol–water partition coefficient (Wildman–Crippen LogP) is 4.43. The monoisotopic (exact) mass is 336 g/mol. The molecule has 0 saturated carbocycles. The fraction of sp³-hybridized carbons (Fsp3) is 0.125. The van der Waals surface area contributed by atoms with Crippen LogP contribution in [-0.4, -0.2) is 24.3 Å². The van der Waals surface area contributed by atoms with Crippen LogP contribution in [0.4, 0.5) is 11.4 Å². The number of amides is 1. The molecule has 0 saturated heterocycles. The second kappa shape index (κ2) is 6.81. The van der Waals surface area contributed by atoms with Gasteiger partial charge in [-0.2, -0.15) is 0 Å². The first-order valence-corrected chi connectivity index (χ1v) is 7.20. The number of rotatable bonds is 3. The van der Waals surface area contributed by atoms with Gasteiger partial charge in [-0.1, -0.05) is 23.2 Å². The van der Waals surface area contributed by atoms with E-state index in [9.17, 15) is 9.90 Å². The van der Waals surface area contributed by atoms with E-state index in [2.05, 4.69) is 4.99 Å². The molecule has 0 heterocycles. The van der Waals surface area contributed by atoms with Crippen molar-refractivity contribution < 1.29 is 9.90 Å². The van der Waals surface area contributed by atoms with E-state index in [0.717, 1.165) is 5.69 Å². The molecular formula is C16H14Cl2N2O2. The van der Waals surface area contributed by atoms with E-state index in [-0.39, 0.29) is 16.7 Å². The van der Waals surface area contributed by atoms with Gasteiger partial charge < -0.3 is 10.0 Å². The molecule has 4 nitrogen and oxygen atoms in total. The number of aliphatic imine (C=N–C) groups is 1. The van der Waals surface area contributed by atoms with Crippen LogP contribution in [0.1, 0.15) is 12.5 Å². The Morgan fingerprint density at radius 2 is 1.86 bits per heavy atom. The molecule has 2 aromatic carbocycles. The average Bonchev–Trinajstić information content (AvgIpc) is 2.49. The number of hydrogen-bond donors (Lipinski definition) is 1. The second-order valence-corrected chi connectivity index (χ2v) is 5.52. The quantitative estimate of drug-likeness (QED) is 0.842. The van der Waals surface area contributed by atoms with Crippen molar-refractivity contribution in [1.29, 1.82) is 0 Å². The third kappa shape index (κ3) is 3.78. The molecule has 0 atom stereocenters. The number of phenolic OH excluding ortho intramolecular Hbond substituents is 1. The number of phenols is 1. The van der Waals surface area contributed by atoms with Gasteiger partial charge in [0.1, 0.15) is 5.75 Å². The van der Waals surface area contributed by atoms with Crippen molar-refractivity contribution in [3.8, 4) is 5.75 Å². The number of halogens is 2. The number of hydrogen-bond acceptors (Lipinski definition) is 3. The van der Waals surface area contributed by atoms with Crippen molar-refractivity contribution in [3.63, 3.8) is 0 Å². The number of aromatic hydroxyl groups is 1. The lowest BCUT2D eigenvalue weighted by atomic mass is 10.2. The minimum absolute atomic E-state index is 0.0465. The number of carbonyl (C=O) groups is 1. The van der Waals surface area contributed by atoms with Gasteiger partial charge in [-0.05, 0) is 36.4 Å². The van der Waals surface area contributed by atoms with Crippen molar-refractivity contribution >= 4 is 46.7 Å². The van der Waals surface area contributed by atoms with Gasteiger partial charge in [-0.25, -0.2) is 0 Å². The maximum Gasteiger partial charge on any atom is 0.223 e. The highest BCUT2D eigenvalue weighted by Gasteiger charge is 2.06. The Morgan fingerprint density at radius 1 is 1.23 bits per heavy atom. The Kier molecular flexibility index (Phi) is 5.06. The molecule has 22 heavy (non-hydrogen) atoms. The minimum Gasteiger partial charge on any atom is -0.506 e. The van der Waals surface area contributed by atoms with Gasteiger partial charge in [0.15, 0.2) is 0 Å². The van der Waals surface area contributed by atoms with Gasteiger partial charge in [-0.15, -0.1) is 0 Å². The lowest BCUT2D eigenvalue weighted by Gasteiger charge is -2.14. The summed E-state index contributed by atoms with van der Waals surface area (Å²) in [6.45, 7) is 1.50. The molecule has 0 aliphatic rings. The molecule has 0 aromatic heterocycles. The molecule has 0 radical (unpaired) electrons. The summed E-state index contributed by atoms with van der Waals surface area (Å²) in [6.07, 6.45) is 1.48. The Hall–Kier alpha value is -2.04. The highest BCUT2D eigenvalue weighted by atomic mass is 35.5. The summed E-state index contributed by atoms with van der Waals surface area (Å²) in [7, 11) is 1.70. The van der Waals surface area contributed by atoms with E-state index in [1.807, 2.05) is 0 Å². The van der Waals surface area contributed by atoms with Crippen molar-refractivity contribution in [1.82, 2.24) is 0 Å². The molecule has 0 fully saturated rings. The molecule has 0 unspecified atom stereocenters. The van der Waals surface area contributed by atoms with Gasteiger partial charge in [0.25, 0.3) is 0 Å². The molecule has 1 amide bonds. The van der Waals surface area contributed by atoms with E-state index >= 15 is 0 Å². The summed E-state index contributed by atoms with van der Waals surface area (Å²) in [6, 6.07) is 10.2. The van der Waals surface area contributed by atoms with Crippen LogP contribution in [0.25, 0.3) is 0 Å².